The van der Waals surface area contributed by atoms with E-state index in [9.17, 15) is 4.79 Å². The standard InChI is InChI=1S/C17H22N2O4/c20-17(19-7-2-8-21-14-4-1-3-13(14)19)18-12-5-6-15-16(11-12)23-10-9-22-15/h5-6,11,13-14H,1-4,7-10H2,(H,18,20)/t13-,14+/m1/s1. The summed E-state index contributed by atoms with van der Waals surface area (Å²) in [5.41, 5.74) is 0.735. The van der Waals surface area contributed by atoms with Crippen molar-refractivity contribution in [1.82, 2.24) is 4.90 Å². The van der Waals surface area contributed by atoms with Gasteiger partial charge in [0, 0.05) is 24.9 Å². The normalized spacial score (nSPS) is 26.3. The molecule has 1 saturated carbocycles. The number of hydrogen-bond donors (Lipinski definition) is 1. The highest BCUT2D eigenvalue weighted by atomic mass is 16.6. The SMILES string of the molecule is O=C(Nc1ccc2c(c1)OCCO2)N1CCCO[C@H]2CCC[C@H]21. The molecule has 124 valence electrons. The van der Waals surface area contributed by atoms with Crippen LogP contribution in [0.4, 0.5) is 10.5 Å². The van der Waals surface area contributed by atoms with E-state index in [0.717, 1.165) is 50.3 Å². The molecule has 0 unspecified atom stereocenters. The molecule has 6 nitrogen and oxygen atoms in total. The lowest BCUT2D eigenvalue weighted by molar-refractivity contribution is 0.0413. The highest BCUT2D eigenvalue weighted by Crippen LogP contribution is 2.33. The number of carbonyl (C=O) groups is 1. The van der Waals surface area contributed by atoms with E-state index in [1.54, 1.807) is 0 Å². The van der Waals surface area contributed by atoms with Crippen molar-refractivity contribution >= 4 is 11.7 Å². The van der Waals surface area contributed by atoms with E-state index in [0.29, 0.717) is 19.0 Å². The smallest absolute Gasteiger partial charge is 0.322 e. The third kappa shape index (κ3) is 2.95. The van der Waals surface area contributed by atoms with Crippen LogP contribution in [0, 0.1) is 0 Å². The molecule has 0 aromatic heterocycles. The minimum atomic E-state index is -0.0518. The summed E-state index contributed by atoms with van der Waals surface area (Å²) >= 11 is 0. The monoisotopic (exact) mass is 318 g/mol. The van der Waals surface area contributed by atoms with Gasteiger partial charge < -0.3 is 24.4 Å². The van der Waals surface area contributed by atoms with Gasteiger partial charge >= 0.3 is 6.03 Å². The van der Waals surface area contributed by atoms with Gasteiger partial charge in [-0.15, -0.1) is 0 Å². The number of hydrogen-bond acceptors (Lipinski definition) is 4. The number of urea groups is 1. The highest BCUT2D eigenvalue weighted by Gasteiger charge is 2.37. The van der Waals surface area contributed by atoms with Crippen molar-refractivity contribution in [1.29, 1.82) is 0 Å². The fourth-order valence-electron chi connectivity index (χ4n) is 3.66. The van der Waals surface area contributed by atoms with E-state index < -0.39 is 0 Å². The molecule has 0 spiro atoms. The van der Waals surface area contributed by atoms with Crippen molar-refractivity contribution in [3.63, 3.8) is 0 Å². The first-order chi connectivity index (χ1) is 11.3. The summed E-state index contributed by atoms with van der Waals surface area (Å²) in [4.78, 5) is 14.7. The first-order valence-electron chi connectivity index (χ1n) is 8.40. The van der Waals surface area contributed by atoms with Crippen molar-refractivity contribution in [2.75, 3.05) is 31.7 Å². The van der Waals surface area contributed by atoms with E-state index in [-0.39, 0.29) is 18.2 Å². The first kappa shape index (κ1) is 14.6. The lowest BCUT2D eigenvalue weighted by Crippen LogP contribution is -2.45. The average molecular weight is 318 g/mol. The summed E-state index contributed by atoms with van der Waals surface area (Å²) in [5, 5.41) is 3.00. The molecule has 4 rings (SSSR count). The van der Waals surface area contributed by atoms with Crippen LogP contribution < -0.4 is 14.8 Å². The Balaban J connectivity index is 1.48. The molecular weight excluding hydrogens is 296 g/mol. The van der Waals surface area contributed by atoms with Crippen LogP contribution in [0.1, 0.15) is 25.7 Å². The van der Waals surface area contributed by atoms with E-state index in [4.69, 9.17) is 14.2 Å². The summed E-state index contributed by atoms with van der Waals surface area (Å²) < 4.78 is 17.0. The van der Waals surface area contributed by atoms with E-state index in [1.807, 2.05) is 23.1 Å². The molecule has 3 aliphatic rings. The number of anilines is 1. The van der Waals surface area contributed by atoms with Gasteiger partial charge in [-0.25, -0.2) is 4.79 Å². The van der Waals surface area contributed by atoms with Crippen LogP contribution in [-0.4, -0.2) is 49.4 Å². The van der Waals surface area contributed by atoms with Crippen LogP contribution in [0.15, 0.2) is 18.2 Å². The second-order valence-corrected chi connectivity index (χ2v) is 6.24. The minimum absolute atomic E-state index is 0.0518. The minimum Gasteiger partial charge on any atom is -0.486 e. The predicted octanol–water partition coefficient (Wildman–Crippen LogP) is 2.63. The molecular formula is C17H22N2O4. The first-order valence-corrected chi connectivity index (χ1v) is 8.40. The maximum Gasteiger partial charge on any atom is 0.322 e. The van der Waals surface area contributed by atoms with Crippen molar-refractivity contribution in [2.24, 2.45) is 0 Å². The summed E-state index contributed by atoms with van der Waals surface area (Å²) in [5.74, 6) is 1.42. The third-order valence-corrected chi connectivity index (χ3v) is 4.75. The van der Waals surface area contributed by atoms with Crippen molar-refractivity contribution in [3.05, 3.63) is 18.2 Å². The predicted molar refractivity (Wildman–Crippen MR) is 85.2 cm³/mol. The quantitative estimate of drug-likeness (QED) is 0.865. The maximum absolute atomic E-state index is 12.7. The summed E-state index contributed by atoms with van der Waals surface area (Å²) in [7, 11) is 0. The van der Waals surface area contributed by atoms with Crippen molar-refractivity contribution in [3.8, 4) is 11.5 Å². The Morgan fingerprint density at radius 1 is 1.09 bits per heavy atom. The number of benzene rings is 1. The molecule has 1 N–H and O–H groups in total. The number of ether oxygens (including phenoxy) is 3. The molecule has 23 heavy (non-hydrogen) atoms. The number of carbonyl (C=O) groups excluding carboxylic acids is 1. The molecule has 2 amide bonds. The molecule has 2 heterocycles. The fraction of sp³-hybridized carbons (Fsp3) is 0.588. The number of rotatable bonds is 1. The van der Waals surface area contributed by atoms with Gasteiger partial charge in [0.1, 0.15) is 13.2 Å². The van der Waals surface area contributed by atoms with Crippen LogP contribution in [0.5, 0.6) is 11.5 Å². The lowest BCUT2D eigenvalue weighted by atomic mass is 10.2. The van der Waals surface area contributed by atoms with Crippen molar-refractivity contribution in [2.45, 2.75) is 37.8 Å². The van der Waals surface area contributed by atoms with Gasteiger partial charge in [0.25, 0.3) is 0 Å². The summed E-state index contributed by atoms with van der Waals surface area (Å²) in [6.45, 7) is 2.60. The second kappa shape index (κ2) is 6.28. The number of nitrogens with one attached hydrogen (secondary N) is 1. The molecule has 2 atom stereocenters. The van der Waals surface area contributed by atoms with Crippen LogP contribution in [0.25, 0.3) is 0 Å². The van der Waals surface area contributed by atoms with E-state index in [2.05, 4.69) is 5.32 Å². The van der Waals surface area contributed by atoms with Gasteiger partial charge in [-0.05, 0) is 37.8 Å². The van der Waals surface area contributed by atoms with Crippen LogP contribution >= 0.6 is 0 Å². The van der Waals surface area contributed by atoms with Crippen LogP contribution in [0.3, 0.4) is 0 Å². The molecule has 0 bridgehead atoms. The molecule has 1 aliphatic carbocycles. The second-order valence-electron chi connectivity index (χ2n) is 6.24. The molecule has 0 radical (unpaired) electrons. The largest absolute Gasteiger partial charge is 0.486 e. The zero-order valence-corrected chi connectivity index (χ0v) is 13.1. The zero-order valence-electron chi connectivity index (χ0n) is 13.1. The number of nitrogens with zero attached hydrogens (tertiary/aromatic N) is 1. The summed E-state index contributed by atoms with van der Waals surface area (Å²) in [6, 6.07) is 5.67. The van der Waals surface area contributed by atoms with E-state index in [1.165, 1.54) is 0 Å². The zero-order chi connectivity index (χ0) is 15.6. The Morgan fingerprint density at radius 3 is 2.87 bits per heavy atom. The van der Waals surface area contributed by atoms with E-state index >= 15 is 0 Å². The maximum atomic E-state index is 12.7. The Bertz CT molecular complexity index is 592. The molecule has 1 aromatic rings. The fourth-order valence-corrected chi connectivity index (χ4v) is 3.66. The van der Waals surface area contributed by atoms with Crippen molar-refractivity contribution < 1.29 is 19.0 Å². The molecule has 1 aromatic carbocycles. The molecule has 2 fully saturated rings. The van der Waals surface area contributed by atoms with Gasteiger partial charge in [0.05, 0.1) is 12.1 Å². The third-order valence-electron chi connectivity index (χ3n) is 4.75. The van der Waals surface area contributed by atoms with Gasteiger partial charge in [-0.1, -0.05) is 0 Å². The highest BCUT2D eigenvalue weighted by molar-refractivity contribution is 5.90. The molecule has 1 saturated heterocycles. The molecule has 2 aliphatic heterocycles. The van der Waals surface area contributed by atoms with Gasteiger partial charge in [-0.2, -0.15) is 0 Å². The van der Waals surface area contributed by atoms with Gasteiger partial charge in [0.2, 0.25) is 0 Å². The Hall–Kier alpha value is -1.95. The Morgan fingerprint density at radius 2 is 1.96 bits per heavy atom. The molecule has 6 heteroatoms. The van der Waals surface area contributed by atoms with Gasteiger partial charge in [-0.3, -0.25) is 0 Å². The number of fused-ring (bicyclic) bond motifs is 2. The Kier molecular flexibility index (Phi) is 3.99. The number of amides is 2. The Labute approximate surface area is 135 Å². The average Bonchev–Trinajstić information content (AvgIpc) is 2.94. The topological polar surface area (TPSA) is 60.0 Å². The summed E-state index contributed by atoms with van der Waals surface area (Å²) in [6.07, 6.45) is 4.30. The van der Waals surface area contributed by atoms with Crippen LogP contribution in [-0.2, 0) is 4.74 Å². The van der Waals surface area contributed by atoms with Crippen LogP contribution in [0.2, 0.25) is 0 Å². The van der Waals surface area contributed by atoms with Gasteiger partial charge in [0.15, 0.2) is 11.5 Å². The lowest BCUT2D eigenvalue weighted by Gasteiger charge is -2.30.